The number of benzene rings is 1. The maximum Gasteiger partial charge on any atom is 0.0952 e. The quantitative estimate of drug-likeness (QED) is 0.796. The number of nitrogens with two attached hydrogens (primary N) is 1. The Kier molecular flexibility index (Phi) is 3.23. The first-order valence-corrected chi connectivity index (χ1v) is 6.57. The van der Waals surface area contributed by atoms with Crippen molar-refractivity contribution in [1.82, 2.24) is 14.9 Å². The van der Waals surface area contributed by atoms with Crippen LogP contribution in [0.4, 0.5) is 11.4 Å². The van der Waals surface area contributed by atoms with Crippen LogP contribution in [0.5, 0.6) is 0 Å². The minimum Gasteiger partial charge on any atom is -0.397 e. The SMILES string of the molecule is CN1CCN(Nc2ccnc3c(N)cccc23)CC1. The van der Waals surface area contributed by atoms with Crippen LogP contribution in [-0.4, -0.2) is 48.1 Å². The molecule has 0 bridgehead atoms. The van der Waals surface area contributed by atoms with Gasteiger partial charge in [-0.25, -0.2) is 5.01 Å². The molecule has 1 aromatic carbocycles. The van der Waals surface area contributed by atoms with Gasteiger partial charge in [-0.1, -0.05) is 12.1 Å². The van der Waals surface area contributed by atoms with E-state index in [1.807, 2.05) is 18.2 Å². The molecule has 1 aliphatic heterocycles. The van der Waals surface area contributed by atoms with E-state index in [-0.39, 0.29) is 0 Å². The largest absolute Gasteiger partial charge is 0.397 e. The number of hydrazine groups is 1. The molecule has 1 saturated heterocycles. The maximum atomic E-state index is 5.97. The van der Waals surface area contributed by atoms with Crippen molar-refractivity contribution in [2.24, 2.45) is 0 Å². The number of fused-ring (bicyclic) bond motifs is 1. The summed E-state index contributed by atoms with van der Waals surface area (Å²) in [7, 11) is 2.15. The number of hydrogen-bond acceptors (Lipinski definition) is 5. The zero-order chi connectivity index (χ0) is 13.2. The summed E-state index contributed by atoms with van der Waals surface area (Å²) in [5.41, 5.74) is 12.1. The predicted molar refractivity (Wildman–Crippen MR) is 78.8 cm³/mol. The van der Waals surface area contributed by atoms with Gasteiger partial charge in [0.2, 0.25) is 0 Å². The van der Waals surface area contributed by atoms with Gasteiger partial charge in [0.1, 0.15) is 0 Å². The van der Waals surface area contributed by atoms with Crippen LogP contribution in [0.2, 0.25) is 0 Å². The van der Waals surface area contributed by atoms with Crippen molar-refractivity contribution >= 4 is 22.3 Å². The standard InChI is InChI=1S/C14H19N5/c1-18-7-9-19(10-8-18)17-13-5-6-16-14-11(13)3-2-4-12(14)15/h2-6H,7-10,15H2,1H3,(H,16,17). The van der Waals surface area contributed by atoms with Crippen LogP contribution < -0.4 is 11.2 Å². The average Bonchev–Trinajstić information content (AvgIpc) is 2.43. The highest BCUT2D eigenvalue weighted by molar-refractivity contribution is 5.97. The van der Waals surface area contributed by atoms with Gasteiger partial charge in [0.25, 0.3) is 0 Å². The van der Waals surface area contributed by atoms with Gasteiger partial charge in [-0.2, -0.15) is 0 Å². The number of para-hydroxylation sites is 1. The molecule has 1 aliphatic rings. The van der Waals surface area contributed by atoms with Crippen molar-refractivity contribution in [3.8, 4) is 0 Å². The van der Waals surface area contributed by atoms with E-state index in [2.05, 4.69) is 33.4 Å². The molecule has 3 rings (SSSR count). The third-order valence-corrected chi connectivity index (χ3v) is 3.58. The third kappa shape index (κ3) is 2.47. The molecule has 2 aromatic rings. The van der Waals surface area contributed by atoms with Gasteiger partial charge in [0, 0.05) is 37.8 Å². The number of nitrogens with one attached hydrogen (secondary N) is 1. The molecule has 0 atom stereocenters. The van der Waals surface area contributed by atoms with Crippen molar-refractivity contribution < 1.29 is 0 Å². The molecule has 19 heavy (non-hydrogen) atoms. The van der Waals surface area contributed by atoms with Crippen molar-refractivity contribution in [3.63, 3.8) is 0 Å². The number of nitrogen functional groups attached to an aromatic ring is 1. The Morgan fingerprint density at radius 3 is 2.74 bits per heavy atom. The van der Waals surface area contributed by atoms with Crippen LogP contribution in [0.15, 0.2) is 30.5 Å². The van der Waals surface area contributed by atoms with E-state index in [9.17, 15) is 0 Å². The molecule has 0 unspecified atom stereocenters. The summed E-state index contributed by atoms with van der Waals surface area (Å²) in [4.78, 5) is 6.69. The highest BCUT2D eigenvalue weighted by atomic mass is 15.5. The fraction of sp³-hybridized carbons (Fsp3) is 0.357. The molecular formula is C14H19N5. The van der Waals surface area contributed by atoms with E-state index in [0.29, 0.717) is 0 Å². The molecular weight excluding hydrogens is 238 g/mol. The molecule has 0 spiro atoms. The number of nitrogens with zero attached hydrogens (tertiary/aromatic N) is 3. The van der Waals surface area contributed by atoms with Crippen LogP contribution >= 0.6 is 0 Å². The van der Waals surface area contributed by atoms with E-state index in [1.54, 1.807) is 6.20 Å². The van der Waals surface area contributed by atoms with Gasteiger partial charge in [0.15, 0.2) is 0 Å². The van der Waals surface area contributed by atoms with Gasteiger partial charge < -0.3 is 16.1 Å². The second-order valence-corrected chi connectivity index (χ2v) is 5.00. The maximum absolute atomic E-state index is 5.97. The molecule has 0 amide bonds. The average molecular weight is 257 g/mol. The minimum atomic E-state index is 0.722. The number of hydrogen-bond donors (Lipinski definition) is 2. The molecule has 100 valence electrons. The van der Waals surface area contributed by atoms with Crippen LogP contribution in [0.1, 0.15) is 0 Å². The second kappa shape index (κ2) is 5.03. The van der Waals surface area contributed by atoms with Crippen LogP contribution in [0.3, 0.4) is 0 Å². The Morgan fingerprint density at radius 2 is 1.95 bits per heavy atom. The van der Waals surface area contributed by atoms with E-state index in [4.69, 9.17) is 5.73 Å². The lowest BCUT2D eigenvalue weighted by Gasteiger charge is -2.33. The number of rotatable bonds is 2. The Labute approximate surface area is 113 Å². The molecule has 2 heterocycles. The first-order chi connectivity index (χ1) is 9.24. The Hall–Kier alpha value is -1.85. The first-order valence-electron chi connectivity index (χ1n) is 6.57. The molecule has 0 aliphatic carbocycles. The summed E-state index contributed by atoms with van der Waals surface area (Å²) < 4.78 is 0. The van der Waals surface area contributed by atoms with Gasteiger partial charge >= 0.3 is 0 Å². The monoisotopic (exact) mass is 257 g/mol. The summed E-state index contributed by atoms with van der Waals surface area (Å²) in [5, 5.41) is 3.32. The van der Waals surface area contributed by atoms with Crippen molar-refractivity contribution in [1.29, 1.82) is 0 Å². The van der Waals surface area contributed by atoms with E-state index >= 15 is 0 Å². The summed E-state index contributed by atoms with van der Waals surface area (Å²) in [5.74, 6) is 0. The lowest BCUT2D eigenvalue weighted by molar-refractivity contribution is 0.179. The van der Waals surface area contributed by atoms with Gasteiger partial charge in [-0.15, -0.1) is 0 Å². The summed E-state index contributed by atoms with van der Waals surface area (Å²) >= 11 is 0. The van der Waals surface area contributed by atoms with Crippen LogP contribution in [0.25, 0.3) is 10.9 Å². The van der Waals surface area contributed by atoms with Gasteiger partial charge in [-0.05, 0) is 19.2 Å². The number of likely N-dealkylation sites (N-methyl/N-ethyl adjacent to an activating group) is 1. The molecule has 5 heteroatoms. The number of anilines is 2. The van der Waals surface area contributed by atoms with Crippen LogP contribution in [0, 0.1) is 0 Å². The van der Waals surface area contributed by atoms with Crippen molar-refractivity contribution in [3.05, 3.63) is 30.5 Å². The highest BCUT2D eigenvalue weighted by Gasteiger charge is 2.14. The number of aromatic nitrogens is 1. The smallest absolute Gasteiger partial charge is 0.0952 e. The lowest BCUT2D eigenvalue weighted by atomic mass is 10.1. The van der Waals surface area contributed by atoms with Gasteiger partial charge in [0.05, 0.1) is 16.9 Å². The number of pyridine rings is 1. The van der Waals surface area contributed by atoms with Crippen molar-refractivity contribution in [2.45, 2.75) is 0 Å². The van der Waals surface area contributed by atoms with E-state index < -0.39 is 0 Å². The predicted octanol–water partition coefficient (Wildman–Crippen LogP) is 1.39. The Balaban J connectivity index is 1.87. The summed E-state index contributed by atoms with van der Waals surface area (Å²) in [6.07, 6.45) is 1.80. The molecule has 0 radical (unpaired) electrons. The molecule has 3 N–H and O–H groups in total. The molecule has 5 nitrogen and oxygen atoms in total. The van der Waals surface area contributed by atoms with E-state index in [0.717, 1.165) is 48.5 Å². The van der Waals surface area contributed by atoms with E-state index in [1.165, 1.54) is 0 Å². The highest BCUT2D eigenvalue weighted by Crippen LogP contribution is 2.25. The zero-order valence-corrected chi connectivity index (χ0v) is 11.1. The topological polar surface area (TPSA) is 57.4 Å². The fourth-order valence-corrected chi connectivity index (χ4v) is 2.39. The summed E-state index contributed by atoms with van der Waals surface area (Å²) in [6, 6.07) is 7.90. The fourth-order valence-electron chi connectivity index (χ4n) is 2.39. The second-order valence-electron chi connectivity index (χ2n) is 5.00. The van der Waals surface area contributed by atoms with Gasteiger partial charge in [-0.3, -0.25) is 4.98 Å². The van der Waals surface area contributed by atoms with Crippen molar-refractivity contribution in [2.75, 3.05) is 44.4 Å². The Morgan fingerprint density at radius 1 is 1.16 bits per heavy atom. The normalized spacial score (nSPS) is 17.7. The Bertz CT molecular complexity index is 575. The minimum absolute atomic E-state index is 0.722. The molecule has 1 aromatic heterocycles. The number of piperazine rings is 1. The lowest BCUT2D eigenvalue weighted by Crippen LogP contribution is -2.46. The summed E-state index contributed by atoms with van der Waals surface area (Å²) in [6.45, 7) is 4.20. The molecule has 1 fully saturated rings. The molecule has 0 saturated carbocycles. The zero-order valence-electron chi connectivity index (χ0n) is 11.1. The third-order valence-electron chi connectivity index (χ3n) is 3.58. The first kappa shape index (κ1) is 12.2. The van der Waals surface area contributed by atoms with Crippen LogP contribution in [-0.2, 0) is 0 Å².